The van der Waals surface area contributed by atoms with Gasteiger partial charge in [0, 0.05) is 6.08 Å². The van der Waals surface area contributed by atoms with Crippen LogP contribution in [0.25, 0.3) is 0 Å². The van der Waals surface area contributed by atoms with E-state index in [0.717, 1.165) is 0 Å². The third kappa shape index (κ3) is 3.34. The summed E-state index contributed by atoms with van der Waals surface area (Å²) in [5.41, 5.74) is -1.68. The zero-order valence-electron chi connectivity index (χ0n) is 11.3. The van der Waals surface area contributed by atoms with Crippen molar-refractivity contribution in [2.24, 2.45) is 0 Å². The van der Waals surface area contributed by atoms with Crippen LogP contribution in [-0.4, -0.2) is 28.9 Å². The first-order valence-electron chi connectivity index (χ1n) is 6.12. The van der Waals surface area contributed by atoms with Gasteiger partial charge in [-0.1, -0.05) is 19.8 Å². The Morgan fingerprint density at radius 2 is 2.22 bits per heavy atom. The van der Waals surface area contributed by atoms with Gasteiger partial charge >= 0.3 is 0 Å². The van der Waals surface area contributed by atoms with Gasteiger partial charge in [0.2, 0.25) is 0 Å². The van der Waals surface area contributed by atoms with E-state index < -0.39 is 17.5 Å². The summed E-state index contributed by atoms with van der Waals surface area (Å²) in [4.78, 5) is 10.5. The Labute approximate surface area is 108 Å². The molecule has 1 fully saturated rings. The van der Waals surface area contributed by atoms with Gasteiger partial charge < -0.3 is 14.6 Å². The van der Waals surface area contributed by atoms with Gasteiger partial charge in [-0.25, -0.2) is 0 Å². The zero-order valence-corrected chi connectivity index (χ0v) is 11.3. The predicted octanol–water partition coefficient (Wildman–Crippen LogP) is 1.78. The van der Waals surface area contributed by atoms with Gasteiger partial charge in [0.25, 0.3) is 6.29 Å². The standard InChI is InChI=1S/C14H20O4/c1-5-13(3,16)9-7-12-17-11(8-10-15)14(4,6-2)18-12/h8,10,12,16H,5-6H2,1-4H3/b11-8+. The van der Waals surface area contributed by atoms with E-state index in [-0.39, 0.29) is 0 Å². The summed E-state index contributed by atoms with van der Waals surface area (Å²) in [6.45, 7) is 7.27. The van der Waals surface area contributed by atoms with E-state index in [0.29, 0.717) is 24.9 Å². The predicted molar refractivity (Wildman–Crippen MR) is 67.5 cm³/mol. The first-order valence-corrected chi connectivity index (χ1v) is 6.12. The Hall–Kier alpha value is -1.31. The van der Waals surface area contributed by atoms with Crippen molar-refractivity contribution in [3.8, 4) is 11.8 Å². The van der Waals surface area contributed by atoms with Gasteiger partial charge in [0.1, 0.15) is 23.2 Å². The Kier molecular flexibility index (Phi) is 4.55. The van der Waals surface area contributed by atoms with E-state index in [1.54, 1.807) is 6.92 Å². The van der Waals surface area contributed by atoms with Gasteiger partial charge in [-0.3, -0.25) is 4.79 Å². The maximum Gasteiger partial charge on any atom is 0.265 e. The fourth-order valence-electron chi connectivity index (χ4n) is 1.45. The lowest BCUT2D eigenvalue weighted by Crippen LogP contribution is -2.25. The lowest BCUT2D eigenvalue weighted by molar-refractivity contribution is -0.104. The molecule has 1 rings (SSSR count). The summed E-state index contributed by atoms with van der Waals surface area (Å²) in [6, 6.07) is 0. The lowest BCUT2D eigenvalue weighted by atomic mass is 10.0. The molecule has 3 atom stereocenters. The van der Waals surface area contributed by atoms with Crippen LogP contribution in [0.4, 0.5) is 0 Å². The van der Waals surface area contributed by atoms with Crippen molar-refractivity contribution in [2.45, 2.75) is 58.0 Å². The Bertz CT molecular complexity index is 400. The van der Waals surface area contributed by atoms with Crippen LogP contribution in [0.3, 0.4) is 0 Å². The molecule has 0 aromatic carbocycles. The molecule has 0 aliphatic carbocycles. The SMILES string of the molecule is CCC(C)(O)C#CC1O/C(=C/C=O)C(C)(CC)O1. The largest absolute Gasteiger partial charge is 0.455 e. The van der Waals surface area contributed by atoms with Crippen LogP contribution < -0.4 is 0 Å². The zero-order chi connectivity index (χ0) is 13.8. The third-order valence-corrected chi connectivity index (χ3v) is 3.16. The van der Waals surface area contributed by atoms with E-state index >= 15 is 0 Å². The molecule has 0 amide bonds. The van der Waals surface area contributed by atoms with Gasteiger partial charge in [-0.15, -0.1) is 0 Å². The average Bonchev–Trinajstić information content (AvgIpc) is 2.66. The van der Waals surface area contributed by atoms with Crippen molar-refractivity contribution in [3.63, 3.8) is 0 Å². The van der Waals surface area contributed by atoms with E-state index in [1.807, 2.05) is 20.8 Å². The van der Waals surface area contributed by atoms with Crippen molar-refractivity contribution in [2.75, 3.05) is 0 Å². The topological polar surface area (TPSA) is 55.8 Å². The highest BCUT2D eigenvalue weighted by atomic mass is 16.7. The summed E-state index contributed by atoms with van der Waals surface area (Å²) < 4.78 is 11.1. The summed E-state index contributed by atoms with van der Waals surface area (Å²) in [6.07, 6.45) is 2.48. The van der Waals surface area contributed by atoms with E-state index in [2.05, 4.69) is 11.8 Å². The number of allylic oxidation sites excluding steroid dienone is 1. The summed E-state index contributed by atoms with van der Waals surface area (Å²) in [5, 5.41) is 9.78. The number of ether oxygens (including phenoxy) is 2. The second-order valence-corrected chi connectivity index (χ2v) is 4.72. The lowest BCUT2D eigenvalue weighted by Gasteiger charge is -2.18. The first kappa shape index (κ1) is 14.7. The Morgan fingerprint density at radius 3 is 2.72 bits per heavy atom. The molecule has 18 heavy (non-hydrogen) atoms. The van der Waals surface area contributed by atoms with Crippen LogP contribution in [0, 0.1) is 11.8 Å². The summed E-state index contributed by atoms with van der Waals surface area (Å²) >= 11 is 0. The summed E-state index contributed by atoms with van der Waals surface area (Å²) in [7, 11) is 0. The van der Waals surface area contributed by atoms with E-state index in [9.17, 15) is 9.90 Å². The molecule has 3 unspecified atom stereocenters. The first-order chi connectivity index (χ1) is 8.37. The smallest absolute Gasteiger partial charge is 0.265 e. The minimum Gasteiger partial charge on any atom is -0.455 e. The molecule has 1 N–H and O–H groups in total. The molecule has 1 saturated heterocycles. The molecule has 0 saturated carbocycles. The maximum atomic E-state index is 10.5. The maximum absolute atomic E-state index is 10.5. The van der Waals surface area contributed by atoms with Crippen LogP contribution in [0.5, 0.6) is 0 Å². The van der Waals surface area contributed by atoms with Crippen LogP contribution >= 0.6 is 0 Å². The number of aldehydes is 1. The second kappa shape index (κ2) is 5.55. The summed E-state index contributed by atoms with van der Waals surface area (Å²) in [5.74, 6) is 5.95. The van der Waals surface area contributed by atoms with Crippen molar-refractivity contribution in [1.82, 2.24) is 0 Å². The molecule has 1 heterocycles. The molecule has 0 aromatic rings. The van der Waals surface area contributed by atoms with Crippen LogP contribution in [-0.2, 0) is 14.3 Å². The van der Waals surface area contributed by atoms with Crippen molar-refractivity contribution in [1.29, 1.82) is 0 Å². The van der Waals surface area contributed by atoms with Crippen LogP contribution in [0.2, 0.25) is 0 Å². The van der Waals surface area contributed by atoms with Gasteiger partial charge in [-0.05, 0) is 32.6 Å². The van der Waals surface area contributed by atoms with Crippen LogP contribution in [0.15, 0.2) is 11.8 Å². The van der Waals surface area contributed by atoms with Crippen molar-refractivity contribution < 1.29 is 19.4 Å². The highest BCUT2D eigenvalue weighted by Crippen LogP contribution is 2.35. The van der Waals surface area contributed by atoms with E-state index in [4.69, 9.17) is 9.47 Å². The van der Waals surface area contributed by atoms with Gasteiger partial charge in [0.15, 0.2) is 0 Å². The number of hydrogen-bond donors (Lipinski definition) is 1. The number of rotatable bonds is 3. The van der Waals surface area contributed by atoms with Crippen LogP contribution in [0.1, 0.15) is 40.5 Å². The highest BCUT2D eigenvalue weighted by Gasteiger charge is 2.40. The van der Waals surface area contributed by atoms with Crippen molar-refractivity contribution >= 4 is 6.29 Å². The minimum absolute atomic E-state index is 0.482. The molecule has 0 bridgehead atoms. The molecule has 0 radical (unpaired) electrons. The molecule has 0 aromatic heterocycles. The fourth-order valence-corrected chi connectivity index (χ4v) is 1.45. The normalized spacial score (nSPS) is 32.3. The highest BCUT2D eigenvalue weighted by molar-refractivity contribution is 5.66. The molecule has 100 valence electrons. The quantitative estimate of drug-likeness (QED) is 0.472. The minimum atomic E-state index is -1.05. The molecule has 4 nitrogen and oxygen atoms in total. The molecule has 1 aliphatic heterocycles. The fraction of sp³-hybridized carbons (Fsp3) is 0.643. The number of aliphatic hydroxyl groups is 1. The number of carbonyl (C=O) groups excluding carboxylic acids is 1. The third-order valence-electron chi connectivity index (χ3n) is 3.16. The Morgan fingerprint density at radius 1 is 1.56 bits per heavy atom. The molecule has 0 spiro atoms. The molecular formula is C14H20O4. The number of hydrogen-bond acceptors (Lipinski definition) is 4. The van der Waals surface area contributed by atoms with Gasteiger partial charge in [-0.2, -0.15) is 0 Å². The Balaban J connectivity index is 2.86. The van der Waals surface area contributed by atoms with Crippen molar-refractivity contribution in [3.05, 3.63) is 11.8 Å². The molecule has 1 aliphatic rings. The molecule has 4 heteroatoms. The average molecular weight is 252 g/mol. The number of carbonyl (C=O) groups is 1. The molecular weight excluding hydrogens is 232 g/mol. The van der Waals surface area contributed by atoms with Gasteiger partial charge in [0.05, 0.1) is 0 Å². The van der Waals surface area contributed by atoms with E-state index in [1.165, 1.54) is 6.08 Å². The monoisotopic (exact) mass is 252 g/mol. The second-order valence-electron chi connectivity index (χ2n) is 4.72.